The maximum Gasteiger partial charge on any atom is 0.303 e. The first-order chi connectivity index (χ1) is 9.09. The van der Waals surface area contributed by atoms with Crippen molar-refractivity contribution >= 4 is 17.5 Å². The number of fused-ring (bicyclic) bond motifs is 1. The number of carboxylic acid groups (broad SMARTS) is 1. The molecule has 2 aromatic heterocycles. The fourth-order valence-corrected chi connectivity index (χ4v) is 1.75. The molecule has 0 spiro atoms. The van der Waals surface area contributed by atoms with E-state index in [0.717, 1.165) is 0 Å². The third-order valence-corrected chi connectivity index (χ3v) is 2.74. The van der Waals surface area contributed by atoms with Crippen molar-refractivity contribution in [2.45, 2.75) is 12.8 Å². The van der Waals surface area contributed by atoms with Gasteiger partial charge in [0.05, 0.1) is 6.20 Å². The van der Waals surface area contributed by atoms with Gasteiger partial charge in [-0.15, -0.1) is 0 Å². The maximum atomic E-state index is 12.2. The number of carbonyl (C=O) groups excluding carboxylic acids is 1. The minimum atomic E-state index is -0.863. The summed E-state index contributed by atoms with van der Waals surface area (Å²) in [6.45, 7) is 0.384. The molecule has 1 amide bonds. The van der Waals surface area contributed by atoms with Gasteiger partial charge in [-0.3, -0.25) is 9.59 Å². The largest absolute Gasteiger partial charge is 0.481 e. The van der Waals surface area contributed by atoms with Crippen LogP contribution in [0.4, 0.5) is 0 Å². The zero-order valence-corrected chi connectivity index (χ0v) is 10.5. The standard InChI is InChI=1S/C12H14N4O3/c1-15(6-2-4-10(17)18)12(19)9-8-14-16-7-3-5-13-11(9)16/h3,5,7-8H,2,4,6H2,1H3,(H,17,18). The second-order valence-corrected chi connectivity index (χ2v) is 4.17. The molecule has 7 heteroatoms. The zero-order chi connectivity index (χ0) is 13.8. The molecule has 2 aromatic rings. The van der Waals surface area contributed by atoms with Crippen LogP contribution in [0.15, 0.2) is 24.7 Å². The third-order valence-electron chi connectivity index (χ3n) is 2.74. The predicted molar refractivity (Wildman–Crippen MR) is 66.8 cm³/mol. The van der Waals surface area contributed by atoms with E-state index >= 15 is 0 Å². The Balaban J connectivity index is 2.08. The molecule has 0 aliphatic carbocycles. The lowest BCUT2D eigenvalue weighted by Gasteiger charge is -2.15. The van der Waals surface area contributed by atoms with Crippen LogP contribution in [0.2, 0.25) is 0 Å². The Morgan fingerprint density at radius 3 is 3.00 bits per heavy atom. The van der Waals surface area contributed by atoms with Gasteiger partial charge in [-0.1, -0.05) is 0 Å². The minimum Gasteiger partial charge on any atom is -0.481 e. The lowest BCUT2D eigenvalue weighted by atomic mass is 10.2. The molecule has 0 unspecified atom stereocenters. The number of carbonyl (C=O) groups is 2. The van der Waals surface area contributed by atoms with Gasteiger partial charge in [-0.2, -0.15) is 5.10 Å². The fourth-order valence-electron chi connectivity index (χ4n) is 1.75. The van der Waals surface area contributed by atoms with Crippen LogP contribution in [0, 0.1) is 0 Å². The second kappa shape index (κ2) is 5.47. The Kier molecular flexibility index (Phi) is 3.74. The smallest absolute Gasteiger partial charge is 0.303 e. The molecular formula is C12H14N4O3. The Morgan fingerprint density at radius 2 is 2.26 bits per heavy atom. The average molecular weight is 262 g/mol. The van der Waals surface area contributed by atoms with Gasteiger partial charge in [0.1, 0.15) is 5.56 Å². The van der Waals surface area contributed by atoms with Crippen LogP contribution in [0.5, 0.6) is 0 Å². The quantitative estimate of drug-likeness (QED) is 0.855. The van der Waals surface area contributed by atoms with E-state index < -0.39 is 5.97 Å². The summed E-state index contributed by atoms with van der Waals surface area (Å²) in [7, 11) is 1.64. The van der Waals surface area contributed by atoms with Crippen LogP contribution >= 0.6 is 0 Å². The van der Waals surface area contributed by atoms with Crippen molar-refractivity contribution in [1.82, 2.24) is 19.5 Å². The van der Waals surface area contributed by atoms with E-state index in [4.69, 9.17) is 5.11 Å². The molecule has 0 fully saturated rings. The van der Waals surface area contributed by atoms with Crippen molar-refractivity contribution in [3.8, 4) is 0 Å². The highest BCUT2D eigenvalue weighted by atomic mass is 16.4. The molecule has 7 nitrogen and oxygen atoms in total. The molecular weight excluding hydrogens is 248 g/mol. The van der Waals surface area contributed by atoms with Crippen LogP contribution in [-0.4, -0.2) is 50.1 Å². The van der Waals surface area contributed by atoms with Crippen molar-refractivity contribution in [2.75, 3.05) is 13.6 Å². The van der Waals surface area contributed by atoms with E-state index in [9.17, 15) is 9.59 Å². The van der Waals surface area contributed by atoms with Gasteiger partial charge < -0.3 is 10.0 Å². The number of aromatic nitrogens is 3. The number of nitrogens with zero attached hydrogens (tertiary/aromatic N) is 4. The topological polar surface area (TPSA) is 87.8 Å². The van der Waals surface area contributed by atoms with Gasteiger partial charge in [0.2, 0.25) is 0 Å². The van der Waals surface area contributed by atoms with Crippen LogP contribution in [0.25, 0.3) is 5.65 Å². The molecule has 0 aliphatic heterocycles. The Morgan fingerprint density at radius 1 is 1.47 bits per heavy atom. The summed E-state index contributed by atoms with van der Waals surface area (Å²) in [6, 6.07) is 1.73. The number of amides is 1. The van der Waals surface area contributed by atoms with Crippen LogP contribution in [0.1, 0.15) is 23.2 Å². The van der Waals surface area contributed by atoms with E-state index in [0.29, 0.717) is 24.2 Å². The summed E-state index contributed by atoms with van der Waals surface area (Å²) in [6.07, 6.45) is 5.25. The third kappa shape index (κ3) is 2.87. The number of carboxylic acids is 1. The highest BCUT2D eigenvalue weighted by Gasteiger charge is 2.17. The molecule has 100 valence electrons. The average Bonchev–Trinajstić information content (AvgIpc) is 2.81. The summed E-state index contributed by atoms with van der Waals surface area (Å²) in [5, 5.41) is 12.6. The van der Waals surface area contributed by atoms with Gasteiger partial charge in [0.15, 0.2) is 5.65 Å². The van der Waals surface area contributed by atoms with Crippen molar-refractivity contribution in [3.63, 3.8) is 0 Å². The molecule has 2 heterocycles. The lowest BCUT2D eigenvalue weighted by Crippen LogP contribution is -2.28. The van der Waals surface area contributed by atoms with Gasteiger partial charge in [-0.25, -0.2) is 9.50 Å². The van der Waals surface area contributed by atoms with Crippen molar-refractivity contribution in [2.24, 2.45) is 0 Å². The van der Waals surface area contributed by atoms with E-state index in [1.54, 1.807) is 25.5 Å². The van der Waals surface area contributed by atoms with E-state index in [1.165, 1.54) is 15.6 Å². The molecule has 2 rings (SSSR count). The van der Waals surface area contributed by atoms with Gasteiger partial charge >= 0.3 is 5.97 Å². The predicted octanol–water partition coefficient (Wildman–Crippen LogP) is 0.666. The van der Waals surface area contributed by atoms with Crippen LogP contribution in [0.3, 0.4) is 0 Å². The van der Waals surface area contributed by atoms with E-state index in [1.807, 2.05) is 0 Å². The van der Waals surface area contributed by atoms with Crippen molar-refractivity contribution in [3.05, 3.63) is 30.2 Å². The number of aliphatic carboxylic acids is 1. The molecule has 19 heavy (non-hydrogen) atoms. The SMILES string of the molecule is CN(CCCC(=O)O)C(=O)c1cnn2cccnc12. The van der Waals surface area contributed by atoms with E-state index in [-0.39, 0.29) is 12.3 Å². The Labute approximate surface area is 109 Å². The number of hydrogen-bond acceptors (Lipinski definition) is 4. The Hall–Kier alpha value is -2.44. The molecule has 0 atom stereocenters. The molecule has 0 aliphatic rings. The number of rotatable bonds is 5. The van der Waals surface area contributed by atoms with E-state index in [2.05, 4.69) is 10.1 Å². The maximum absolute atomic E-state index is 12.2. The van der Waals surface area contributed by atoms with Gasteiger partial charge in [0, 0.05) is 32.4 Å². The van der Waals surface area contributed by atoms with Crippen LogP contribution in [-0.2, 0) is 4.79 Å². The first-order valence-electron chi connectivity index (χ1n) is 5.85. The van der Waals surface area contributed by atoms with Crippen LogP contribution < -0.4 is 0 Å². The summed E-state index contributed by atoms with van der Waals surface area (Å²) in [5.41, 5.74) is 0.913. The zero-order valence-electron chi connectivity index (χ0n) is 10.5. The fraction of sp³-hybridized carbons (Fsp3) is 0.333. The first-order valence-corrected chi connectivity index (χ1v) is 5.85. The molecule has 0 saturated heterocycles. The van der Waals surface area contributed by atoms with Gasteiger partial charge in [0.25, 0.3) is 5.91 Å². The normalized spacial score (nSPS) is 10.6. The summed E-state index contributed by atoms with van der Waals surface area (Å²) in [4.78, 5) is 28.2. The highest BCUT2D eigenvalue weighted by Crippen LogP contribution is 2.10. The molecule has 1 N–H and O–H groups in total. The molecule has 0 radical (unpaired) electrons. The molecule has 0 bridgehead atoms. The second-order valence-electron chi connectivity index (χ2n) is 4.17. The molecule has 0 saturated carbocycles. The molecule has 0 aromatic carbocycles. The summed E-state index contributed by atoms with van der Waals surface area (Å²) < 4.78 is 1.53. The summed E-state index contributed by atoms with van der Waals surface area (Å²) >= 11 is 0. The van der Waals surface area contributed by atoms with Crippen molar-refractivity contribution in [1.29, 1.82) is 0 Å². The minimum absolute atomic E-state index is 0.0463. The van der Waals surface area contributed by atoms with Crippen molar-refractivity contribution < 1.29 is 14.7 Å². The first kappa shape index (κ1) is 13.0. The lowest BCUT2D eigenvalue weighted by molar-refractivity contribution is -0.137. The van der Waals surface area contributed by atoms with Gasteiger partial charge in [-0.05, 0) is 12.5 Å². The monoisotopic (exact) mass is 262 g/mol. The number of hydrogen-bond donors (Lipinski definition) is 1. The Bertz CT molecular complexity index is 608. The highest BCUT2D eigenvalue weighted by molar-refractivity contribution is 5.99. The summed E-state index contributed by atoms with van der Waals surface area (Å²) in [5.74, 6) is -1.07.